The molecule has 112 valence electrons. The van der Waals surface area contributed by atoms with Crippen LogP contribution in [-0.2, 0) is 11.3 Å². The SMILES string of the molecule is CN(Cc1cccs1)C(=O)/C(C#N)=C/c1ccc(O)c(O)c1. The fraction of sp³-hybridized carbons (Fsp3) is 0.125. The number of rotatable bonds is 4. The molecule has 1 heterocycles. The molecule has 1 aromatic heterocycles. The Morgan fingerprint density at radius 3 is 2.73 bits per heavy atom. The van der Waals surface area contributed by atoms with E-state index in [1.54, 1.807) is 7.05 Å². The molecule has 0 saturated heterocycles. The van der Waals surface area contributed by atoms with Crippen LogP contribution >= 0.6 is 11.3 Å². The molecule has 0 aliphatic carbocycles. The largest absolute Gasteiger partial charge is 0.504 e. The monoisotopic (exact) mass is 314 g/mol. The number of benzene rings is 1. The molecule has 2 N–H and O–H groups in total. The van der Waals surface area contributed by atoms with Crippen molar-refractivity contribution >= 4 is 23.3 Å². The third-order valence-corrected chi connectivity index (χ3v) is 3.84. The topological polar surface area (TPSA) is 84.6 Å². The minimum atomic E-state index is -0.400. The fourth-order valence-electron chi connectivity index (χ4n) is 1.85. The molecular formula is C16H14N2O3S. The average molecular weight is 314 g/mol. The van der Waals surface area contributed by atoms with E-state index in [9.17, 15) is 20.3 Å². The van der Waals surface area contributed by atoms with E-state index in [-0.39, 0.29) is 17.1 Å². The lowest BCUT2D eigenvalue weighted by Crippen LogP contribution is -2.26. The van der Waals surface area contributed by atoms with Gasteiger partial charge in [0.05, 0.1) is 6.54 Å². The standard InChI is InChI=1S/C16H14N2O3S/c1-18(10-13-3-2-6-22-13)16(21)12(9-17)7-11-4-5-14(19)15(20)8-11/h2-8,19-20H,10H2,1H3/b12-7+. The minimum Gasteiger partial charge on any atom is -0.504 e. The van der Waals surface area contributed by atoms with Crippen LogP contribution in [0.1, 0.15) is 10.4 Å². The van der Waals surface area contributed by atoms with Crippen molar-refractivity contribution in [2.45, 2.75) is 6.54 Å². The zero-order valence-corrected chi connectivity index (χ0v) is 12.7. The molecule has 22 heavy (non-hydrogen) atoms. The van der Waals surface area contributed by atoms with Gasteiger partial charge in [-0.3, -0.25) is 4.79 Å². The number of phenols is 2. The quantitative estimate of drug-likeness (QED) is 0.516. The van der Waals surface area contributed by atoms with E-state index >= 15 is 0 Å². The van der Waals surface area contributed by atoms with Gasteiger partial charge in [0.25, 0.3) is 5.91 Å². The highest BCUT2D eigenvalue weighted by Gasteiger charge is 2.15. The Kier molecular flexibility index (Phi) is 4.81. The Labute approximate surface area is 132 Å². The summed E-state index contributed by atoms with van der Waals surface area (Å²) >= 11 is 1.54. The number of phenolic OH excluding ortho intramolecular Hbond substituents is 2. The second-order valence-corrected chi connectivity index (χ2v) is 5.69. The van der Waals surface area contributed by atoms with Crippen molar-refractivity contribution in [1.29, 1.82) is 5.26 Å². The molecule has 0 atom stereocenters. The summed E-state index contributed by atoms with van der Waals surface area (Å²) in [6.07, 6.45) is 1.38. The second-order valence-electron chi connectivity index (χ2n) is 4.66. The fourth-order valence-corrected chi connectivity index (χ4v) is 2.61. The molecule has 0 bridgehead atoms. The molecule has 0 unspecified atom stereocenters. The number of carbonyl (C=O) groups excluding carboxylic acids is 1. The number of hydrogen-bond acceptors (Lipinski definition) is 5. The third-order valence-electron chi connectivity index (χ3n) is 2.98. The predicted octanol–water partition coefficient (Wildman–Crippen LogP) is 2.72. The lowest BCUT2D eigenvalue weighted by atomic mass is 10.1. The van der Waals surface area contributed by atoms with Crippen molar-refractivity contribution < 1.29 is 15.0 Å². The van der Waals surface area contributed by atoms with Crippen molar-refractivity contribution in [1.82, 2.24) is 4.90 Å². The van der Waals surface area contributed by atoms with Crippen LogP contribution in [0.5, 0.6) is 11.5 Å². The van der Waals surface area contributed by atoms with Crippen LogP contribution < -0.4 is 0 Å². The van der Waals surface area contributed by atoms with E-state index < -0.39 is 5.91 Å². The van der Waals surface area contributed by atoms with Gasteiger partial charge in [-0.1, -0.05) is 12.1 Å². The Hall–Kier alpha value is -2.78. The van der Waals surface area contributed by atoms with Gasteiger partial charge in [0, 0.05) is 11.9 Å². The van der Waals surface area contributed by atoms with Gasteiger partial charge in [-0.2, -0.15) is 5.26 Å². The molecule has 1 amide bonds. The van der Waals surface area contributed by atoms with Gasteiger partial charge in [0.1, 0.15) is 11.6 Å². The first-order valence-electron chi connectivity index (χ1n) is 6.43. The van der Waals surface area contributed by atoms with Crippen LogP contribution in [0.2, 0.25) is 0 Å². The zero-order valence-electron chi connectivity index (χ0n) is 11.9. The molecule has 0 aliphatic rings. The summed E-state index contributed by atoms with van der Waals surface area (Å²) in [6.45, 7) is 0.427. The van der Waals surface area contributed by atoms with Gasteiger partial charge in [-0.25, -0.2) is 0 Å². The summed E-state index contributed by atoms with van der Waals surface area (Å²) in [5.74, 6) is -0.953. The van der Waals surface area contributed by atoms with Crippen LogP contribution in [0.3, 0.4) is 0 Å². The van der Waals surface area contributed by atoms with Crippen LogP contribution in [0, 0.1) is 11.3 Å². The van der Waals surface area contributed by atoms with E-state index in [0.717, 1.165) is 4.88 Å². The van der Waals surface area contributed by atoms with Gasteiger partial charge >= 0.3 is 0 Å². The lowest BCUT2D eigenvalue weighted by molar-refractivity contribution is -0.125. The molecule has 5 nitrogen and oxygen atoms in total. The summed E-state index contributed by atoms with van der Waals surface area (Å²) in [5.41, 5.74) is 0.425. The third kappa shape index (κ3) is 3.65. The molecule has 0 aliphatic heterocycles. The van der Waals surface area contributed by atoms with E-state index in [2.05, 4.69) is 0 Å². The Balaban J connectivity index is 2.19. The molecule has 0 saturated carbocycles. The number of nitrogens with zero attached hydrogens (tertiary/aromatic N) is 2. The Bertz CT molecular complexity index is 745. The van der Waals surface area contributed by atoms with E-state index in [1.807, 2.05) is 23.6 Å². The maximum absolute atomic E-state index is 12.3. The lowest BCUT2D eigenvalue weighted by Gasteiger charge is -2.15. The number of nitriles is 1. The van der Waals surface area contributed by atoms with Gasteiger partial charge in [-0.05, 0) is 35.2 Å². The van der Waals surface area contributed by atoms with E-state index in [0.29, 0.717) is 12.1 Å². The number of carbonyl (C=O) groups is 1. The summed E-state index contributed by atoms with van der Waals surface area (Å²) in [5, 5.41) is 29.8. The molecule has 0 fully saturated rings. The van der Waals surface area contributed by atoms with Crippen molar-refractivity contribution in [3.8, 4) is 17.6 Å². The summed E-state index contributed by atoms with van der Waals surface area (Å²) in [7, 11) is 1.63. The number of thiophene rings is 1. The van der Waals surface area contributed by atoms with Crippen LogP contribution in [-0.4, -0.2) is 28.1 Å². The highest BCUT2D eigenvalue weighted by Crippen LogP contribution is 2.26. The summed E-state index contributed by atoms with van der Waals surface area (Å²) in [4.78, 5) is 14.8. The normalized spacial score (nSPS) is 11.0. The summed E-state index contributed by atoms with van der Waals surface area (Å²) < 4.78 is 0. The molecule has 2 aromatic rings. The molecule has 0 spiro atoms. The van der Waals surface area contributed by atoms with Crippen LogP contribution in [0.25, 0.3) is 6.08 Å². The predicted molar refractivity (Wildman–Crippen MR) is 84.2 cm³/mol. The molecular weight excluding hydrogens is 300 g/mol. The molecule has 6 heteroatoms. The Morgan fingerprint density at radius 2 is 2.14 bits per heavy atom. The van der Waals surface area contributed by atoms with Crippen molar-refractivity contribution in [2.75, 3.05) is 7.05 Å². The smallest absolute Gasteiger partial charge is 0.264 e. The molecule has 2 rings (SSSR count). The van der Waals surface area contributed by atoms with Gasteiger partial charge < -0.3 is 15.1 Å². The van der Waals surface area contributed by atoms with E-state index in [1.165, 1.54) is 40.5 Å². The van der Waals surface area contributed by atoms with E-state index in [4.69, 9.17) is 0 Å². The minimum absolute atomic E-state index is 0.0378. The summed E-state index contributed by atoms with van der Waals surface area (Å²) in [6, 6.07) is 9.80. The number of aromatic hydroxyl groups is 2. The highest BCUT2D eigenvalue weighted by molar-refractivity contribution is 7.09. The number of amides is 1. The van der Waals surface area contributed by atoms with Gasteiger partial charge in [0.15, 0.2) is 11.5 Å². The maximum atomic E-state index is 12.3. The molecule has 0 radical (unpaired) electrons. The van der Waals surface area contributed by atoms with Crippen molar-refractivity contribution in [3.63, 3.8) is 0 Å². The second kappa shape index (κ2) is 6.78. The van der Waals surface area contributed by atoms with Gasteiger partial charge in [-0.15, -0.1) is 11.3 Å². The zero-order chi connectivity index (χ0) is 16.1. The maximum Gasteiger partial charge on any atom is 0.264 e. The number of likely N-dealkylation sites (N-methyl/N-ethyl adjacent to an activating group) is 1. The Morgan fingerprint density at radius 1 is 1.36 bits per heavy atom. The van der Waals surface area contributed by atoms with Crippen LogP contribution in [0.4, 0.5) is 0 Å². The first-order valence-corrected chi connectivity index (χ1v) is 7.31. The molecule has 1 aromatic carbocycles. The highest BCUT2D eigenvalue weighted by atomic mass is 32.1. The first-order chi connectivity index (χ1) is 10.5. The van der Waals surface area contributed by atoms with Crippen molar-refractivity contribution in [2.24, 2.45) is 0 Å². The van der Waals surface area contributed by atoms with Gasteiger partial charge in [0.2, 0.25) is 0 Å². The first kappa shape index (κ1) is 15.6. The number of hydrogen-bond donors (Lipinski definition) is 2. The average Bonchev–Trinajstić information content (AvgIpc) is 3.00. The van der Waals surface area contributed by atoms with Crippen LogP contribution in [0.15, 0.2) is 41.3 Å². The van der Waals surface area contributed by atoms with Crippen molar-refractivity contribution in [3.05, 3.63) is 51.7 Å².